The molecule has 0 spiro atoms. The minimum absolute atomic E-state index is 0.387. The molecule has 0 aliphatic heterocycles. The summed E-state index contributed by atoms with van der Waals surface area (Å²) in [6.07, 6.45) is 7.42. The maximum atomic E-state index is 10.9. The summed E-state index contributed by atoms with van der Waals surface area (Å²) in [4.78, 5) is 21.8. The van der Waals surface area contributed by atoms with Crippen molar-refractivity contribution in [2.75, 3.05) is 0 Å². The Labute approximate surface area is 86.1 Å². The van der Waals surface area contributed by atoms with Gasteiger partial charge in [0.05, 0.1) is 5.41 Å². The molecule has 0 heterocycles. The van der Waals surface area contributed by atoms with Gasteiger partial charge in [0.15, 0.2) is 0 Å². The van der Waals surface area contributed by atoms with E-state index in [0.29, 0.717) is 5.41 Å². The summed E-state index contributed by atoms with van der Waals surface area (Å²) in [5.74, 6) is 0. The van der Waals surface area contributed by atoms with Crippen LogP contribution < -0.4 is 0 Å². The van der Waals surface area contributed by atoms with E-state index in [9.17, 15) is 9.59 Å². The number of aldehydes is 2. The molecule has 14 heavy (non-hydrogen) atoms. The minimum Gasteiger partial charge on any atom is -0.302 e. The first-order chi connectivity index (χ1) is 6.54. The molecule has 80 valence electrons. The van der Waals surface area contributed by atoms with E-state index < -0.39 is 5.41 Å². The van der Waals surface area contributed by atoms with Gasteiger partial charge in [-0.25, -0.2) is 0 Å². The quantitative estimate of drug-likeness (QED) is 0.502. The predicted molar refractivity (Wildman–Crippen MR) is 56.0 cm³/mol. The summed E-state index contributed by atoms with van der Waals surface area (Å²) in [7, 11) is 0. The standard InChI is InChI=1S/C12H20O2/c1-11(2)5-3-7-12(9-13,10-14)8-4-6-11/h9-10H,3-8H2,1-2H3. The monoisotopic (exact) mass is 196 g/mol. The molecule has 2 nitrogen and oxygen atoms in total. The number of hydrogen-bond acceptors (Lipinski definition) is 2. The van der Waals surface area contributed by atoms with E-state index in [4.69, 9.17) is 0 Å². The second-order valence-electron chi connectivity index (χ2n) is 5.34. The highest BCUT2D eigenvalue weighted by Gasteiger charge is 2.32. The molecule has 1 rings (SSSR count). The van der Waals surface area contributed by atoms with Crippen LogP contribution in [0.4, 0.5) is 0 Å². The van der Waals surface area contributed by atoms with Gasteiger partial charge in [-0.1, -0.05) is 26.7 Å². The highest BCUT2D eigenvalue weighted by Crippen LogP contribution is 2.38. The van der Waals surface area contributed by atoms with Crippen LogP contribution in [0.5, 0.6) is 0 Å². The fourth-order valence-electron chi connectivity index (χ4n) is 2.31. The van der Waals surface area contributed by atoms with Gasteiger partial charge in [0, 0.05) is 0 Å². The zero-order valence-corrected chi connectivity index (χ0v) is 9.21. The third-order valence-electron chi connectivity index (χ3n) is 3.46. The maximum absolute atomic E-state index is 10.9. The maximum Gasteiger partial charge on any atom is 0.133 e. The van der Waals surface area contributed by atoms with E-state index in [1.807, 2.05) is 0 Å². The highest BCUT2D eigenvalue weighted by atomic mass is 16.1. The number of hydrogen-bond donors (Lipinski definition) is 0. The van der Waals surface area contributed by atoms with Gasteiger partial charge < -0.3 is 9.59 Å². The van der Waals surface area contributed by atoms with E-state index >= 15 is 0 Å². The summed E-state index contributed by atoms with van der Waals surface area (Å²) in [5, 5.41) is 0. The lowest BCUT2D eigenvalue weighted by molar-refractivity contribution is -0.127. The van der Waals surface area contributed by atoms with Crippen molar-refractivity contribution in [2.24, 2.45) is 10.8 Å². The van der Waals surface area contributed by atoms with Crippen LogP contribution in [0.15, 0.2) is 0 Å². The number of carbonyl (C=O) groups excluding carboxylic acids is 2. The van der Waals surface area contributed by atoms with Crippen molar-refractivity contribution in [3.63, 3.8) is 0 Å². The third kappa shape index (κ3) is 2.66. The summed E-state index contributed by atoms with van der Waals surface area (Å²) in [6, 6.07) is 0. The van der Waals surface area contributed by atoms with Gasteiger partial charge in [0.1, 0.15) is 12.6 Å². The zero-order valence-electron chi connectivity index (χ0n) is 9.21. The Morgan fingerprint density at radius 1 is 0.857 bits per heavy atom. The molecule has 0 amide bonds. The molecule has 0 aromatic heterocycles. The summed E-state index contributed by atoms with van der Waals surface area (Å²) < 4.78 is 0. The molecule has 0 saturated heterocycles. The van der Waals surface area contributed by atoms with Gasteiger partial charge in [0.2, 0.25) is 0 Å². The van der Waals surface area contributed by atoms with Crippen molar-refractivity contribution in [1.29, 1.82) is 0 Å². The van der Waals surface area contributed by atoms with Crippen LogP contribution in [0.1, 0.15) is 52.4 Å². The average Bonchev–Trinajstić information content (AvgIpc) is 2.12. The number of rotatable bonds is 2. The lowest BCUT2D eigenvalue weighted by Crippen LogP contribution is -2.28. The highest BCUT2D eigenvalue weighted by molar-refractivity contribution is 5.83. The van der Waals surface area contributed by atoms with E-state index in [1.165, 1.54) is 0 Å². The molecular formula is C12H20O2. The molecule has 0 bridgehead atoms. The van der Waals surface area contributed by atoms with E-state index in [2.05, 4.69) is 13.8 Å². The zero-order chi connectivity index (χ0) is 10.7. The second kappa shape index (κ2) is 4.24. The molecule has 0 unspecified atom stereocenters. The smallest absolute Gasteiger partial charge is 0.133 e. The lowest BCUT2D eigenvalue weighted by Gasteiger charge is -2.31. The Morgan fingerprint density at radius 2 is 1.29 bits per heavy atom. The lowest BCUT2D eigenvalue weighted by atomic mass is 9.72. The Hall–Kier alpha value is -0.660. The molecule has 1 aliphatic rings. The topological polar surface area (TPSA) is 34.1 Å². The first kappa shape index (κ1) is 11.4. The van der Waals surface area contributed by atoms with Crippen LogP contribution >= 0.6 is 0 Å². The Morgan fingerprint density at radius 3 is 1.64 bits per heavy atom. The fourth-order valence-corrected chi connectivity index (χ4v) is 2.31. The van der Waals surface area contributed by atoms with E-state index in [1.54, 1.807) is 0 Å². The molecule has 2 heteroatoms. The van der Waals surface area contributed by atoms with Gasteiger partial charge >= 0.3 is 0 Å². The Balaban J connectivity index is 2.63. The van der Waals surface area contributed by atoms with Gasteiger partial charge in [-0.15, -0.1) is 0 Å². The molecular weight excluding hydrogens is 176 g/mol. The molecule has 0 aromatic rings. The summed E-state index contributed by atoms with van der Waals surface area (Å²) >= 11 is 0. The molecule has 0 radical (unpaired) electrons. The van der Waals surface area contributed by atoms with E-state index in [0.717, 1.165) is 51.1 Å². The molecule has 0 N–H and O–H groups in total. The van der Waals surface area contributed by atoms with Crippen molar-refractivity contribution in [1.82, 2.24) is 0 Å². The molecule has 0 atom stereocenters. The van der Waals surface area contributed by atoms with Crippen molar-refractivity contribution in [3.05, 3.63) is 0 Å². The molecule has 1 aliphatic carbocycles. The first-order valence-electron chi connectivity index (χ1n) is 5.46. The minimum atomic E-state index is -0.656. The van der Waals surface area contributed by atoms with Crippen LogP contribution in [0.2, 0.25) is 0 Å². The van der Waals surface area contributed by atoms with Crippen LogP contribution in [-0.4, -0.2) is 12.6 Å². The van der Waals surface area contributed by atoms with Gasteiger partial charge in [-0.3, -0.25) is 0 Å². The van der Waals surface area contributed by atoms with Crippen molar-refractivity contribution >= 4 is 12.6 Å². The van der Waals surface area contributed by atoms with Crippen LogP contribution in [0.3, 0.4) is 0 Å². The van der Waals surface area contributed by atoms with Gasteiger partial charge in [-0.2, -0.15) is 0 Å². The third-order valence-corrected chi connectivity index (χ3v) is 3.46. The normalized spacial score (nSPS) is 25.9. The van der Waals surface area contributed by atoms with Crippen molar-refractivity contribution in [3.8, 4) is 0 Å². The number of carbonyl (C=O) groups is 2. The SMILES string of the molecule is CC1(C)CCCC(C=O)(C=O)CCC1. The second-order valence-corrected chi connectivity index (χ2v) is 5.34. The summed E-state index contributed by atoms with van der Waals surface area (Å²) in [6.45, 7) is 4.53. The first-order valence-corrected chi connectivity index (χ1v) is 5.46. The molecule has 1 saturated carbocycles. The van der Waals surface area contributed by atoms with Crippen molar-refractivity contribution in [2.45, 2.75) is 52.4 Å². The summed E-state index contributed by atoms with van der Waals surface area (Å²) in [5.41, 5.74) is -0.269. The van der Waals surface area contributed by atoms with Crippen LogP contribution in [0.25, 0.3) is 0 Å². The van der Waals surface area contributed by atoms with Crippen LogP contribution in [-0.2, 0) is 9.59 Å². The van der Waals surface area contributed by atoms with Gasteiger partial charge in [0.25, 0.3) is 0 Å². The van der Waals surface area contributed by atoms with Gasteiger partial charge in [-0.05, 0) is 31.1 Å². The largest absolute Gasteiger partial charge is 0.302 e. The van der Waals surface area contributed by atoms with Crippen LogP contribution in [0, 0.1) is 10.8 Å². The average molecular weight is 196 g/mol. The molecule has 0 aromatic carbocycles. The fraction of sp³-hybridized carbons (Fsp3) is 0.833. The molecule has 1 fully saturated rings. The Bertz CT molecular complexity index is 196. The van der Waals surface area contributed by atoms with E-state index in [-0.39, 0.29) is 0 Å². The Kier molecular flexibility index (Phi) is 3.46. The van der Waals surface area contributed by atoms with Crippen molar-refractivity contribution < 1.29 is 9.59 Å². The predicted octanol–water partition coefficient (Wildman–Crippen LogP) is 2.75.